The molecule has 17 heavy (non-hydrogen) atoms. The van der Waals surface area contributed by atoms with Gasteiger partial charge in [0.05, 0.1) is 5.56 Å². The van der Waals surface area contributed by atoms with Crippen LogP contribution in [0.3, 0.4) is 0 Å². The van der Waals surface area contributed by atoms with Gasteiger partial charge in [0.2, 0.25) is 0 Å². The lowest BCUT2D eigenvalue weighted by molar-refractivity contribution is 0.0760. The first-order valence-electron chi connectivity index (χ1n) is 5.44. The van der Waals surface area contributed by atoms with Crippen LogP contribution in [0.15, 0.2) is 18.2 Å². The van der Waals surface area contributed by atoms with E-state index < -0.39 is 5.82 Å². The van der Waals surface area contributed by atoms with Crippen molar-refractivity contribution in [3.05, 3.63) is 29.6 Å². The van der Waals surface area contributed by atoms with E-state index in [1.54, 1.807) is 0 Å². The minimum atomic E-state index is -0.709. The largest absolute Gasteiger partial charge is 0.508 e. The van der Waals surface area contributed by atoms with Crippen LogP contribution in [0.25, 0.3) is 0 Å². The van der Waals surface area contributed by atoms with Crippen molar-refractivity contribution in [2.75, 3.05) is 19.0 Å². The third-order valence-corrected chi connectivity index (χ3v) is 2.68. The van der Waals surface area contributed by atoms with Gasteiger partial charge < -0.3 is 10.0 Å². The second kappa shape index (κ2) is 6.45. The van der Waals surface area contributed by atoms with Gasteiger partial charge in [0.15, 0.2) is 0 Å². The molecule has 94 valence electrons. The van der Waals surface area contributed by atoms with Gasteiger partial charge in [-0.15, -0.1) is 11.6 Å². The van der Waals surface area contributed by atoms with E-state index in [1.807, 2.05) is 6.92 Å². The molecule has 0 aliphatic rings. The molecule has 0 heterocycles. The Morgan fingerprint density at radius 3 is 2.76 bits per heavy atom. The number of halogens is 2. The fourth-order valence-electron chi connectivity index (χ4n) is 1.50. The summed E-state index contributed by atoms with van der Waals surface area (Å²) in [5, 5.41) is 9.07. The number of alkyl halides is 1. The molecule has 3 nitrogen and oxygen atoms in total. The van der Waals surface area contributed by atoms with Crippen molar-refractivity contribution in [2.45, 2.75) is 13.3 Å². The smallest absolute Gasteiger partial charge is 0.256 e. The minimum Gasteiger partial charge on any atom is -0.508 e. The Morgan fingerprint density at radius 1 is 1.53 bits per heavy atom. The Hall–Kier alpha value is -1.29. The van der Waals surface area contributed by atoms with Gasteiger partial charge in [0.25, 0.3) is 5.91 Å². The van der Waals surface area contributed by atoms with E-state index >= 15 is 0 Å². The van der Waals surface area contributed by atoms with Crippen molar-refractivity contribution in [3.8, 4) is 5.75 Å². The summed E-state index contributed by atoms with van der Waals surface area (Å²) in [4.78, 5) is 13.5. The molecule has 0 aliphatic heterocycles. The summed E-state index contributed by atoms with van der Waals surface area (Å²) in [6.45, 7) is 2.82. The van der Waals surface area contributed by atoms with E-state index in [-0.39, 0.29) is 17.2 Å². The van der Waals surface area contributed by atoms with E-state index in [2.05, 4.69) is 0 Å². The third-order valence-electron chi connectivity index (χ3n) is 2.41. The number of carbonyl (C=O) groups excluding carboxylic acids is 1. The van der Waals surface area contributed by atoms with E-state index in [9.17, 15) is 9.18 Å². The fraction of sp³-hybridized carbons (Fsp3) is 0.417. The van der Waals surface area contributed by atoms with Crippen molar-refractivity contribution < 1.29 is 14.3 Å². The topological polar surface area (TPSA) is 40.5 Å². The molecular formula is C12H15ClFNO2. The first-order valence-corrected chi connectivity index (χ1v) is 5.97. The third kappa shape index (κ3) is 3.60. The van der Waals surface area contributed by atoms with Crippen molar-refractivity contribution in [1.29, 1.82) is 0 Å². The Labute approximate surface area is 105 Å². The lowest BCUT2D eigenvalue weighted by atomic mass is 10.1. The molecule has 0 saturated carbocycles. The number of phenols is 1. The molecule has 0 bridgehead atoms. The molecule has 1 aromatic carbocycles. The summed E-state index contributed by atoms with van der Waals surface area (Å²) < 4.78 is 13.5. The summed E-state index contributed by atoms with van der Waals surface area (Å²) in [5.74, 6) is -0.820. The highest BCUT2D eigenvalue weighted by Gasteiger charge is 2.17. The molecule has 0 aliphatic carbocycles. The summed E-state index contributed by atoms with van der Waals surface area (Å²) in [5.41, 5.74) is -0.0285. The lowest BCUT2D eigenvalue weighted by Crippen LogP contribution is -2.32. The van der Waals surface area contributed by atoms with Gasteiger partial charge >= 0.3 is 0 Å². The second-order valence-corrected chi connectivity index (χ2v) is 3.97. The molecule has 0 fully saturated rings. The molecule has 0 atom stereocenters. The lowest BCUT2D eigenvalue weighted by Gasteiger charge is -2.20. The fourth-order valence-corrected chi connectivity index (χ4v) is 1.62. The Balaban J connectivity index is 2.86. The summed E-state index contributed by atoms with van der Waals surface area (Å²) in [7, 11) is 0. The SMILES string of the molecule is CCN(CCCCl)C(=O)c1ccc(O)cc1F. The first-order chi connectivity index (χ1) is 8.10. The zero-order valence-electron chi connectivity index (χ0n) is 9.62. The van der Waals surface area contributed by atoms with Crippen LogP contribution in [0.4, 0.5) is 4.39 Å². The highest BCUT2D eigenvalue weighted by atomic mass is 35.5. The summed E-state index contributed by atoms with van der Waals surface area (Å²) in [6, 6.07) is 3.52. The van der Waals surface area contributed by atoms with E-state index in [4.69, 9.17) is 16.7 Å². The van der Waals surface area contributed by atoms with Crippen LogP contribution in [0.5, 0.6) is 5.75 Å². The highest BCUT2D eigenvalue weighted by molar-refractivity contribution is 6.17. The van der Waals surface area contributed by atoms with Gasteiger partial charge in [-0.2, -0.15) is 0 Å². The highest BCUT2D eigenvalue weighted by Crippen LogP contribution is 2.16. The number of carbonyl (C=O) groups is 1. The standard InChI is InChI=1S/C12H15ClFNO2/c1-2-15(7-3-6-13)12(17)10-5-4-9(16)8-11(10)14/h4-5,8,16H,2-3,6-7H2,1H3. The molecule has 0 radical (unpaired) electrons. The number of phenolic OH excluding ortho intramolecular Hbond substituents is 1. The van der Waals surface area contributed by atoms with Crippen molar-refractivity contribution >= 4 is 17.5 Å². The maximum absolute atomic E-state index is 13.5. The van der Waals surface area contributed by atoms with Gasteiger partial charge in [-0.3, -0.25) is 4.79 Å². The molecule has 0 unspecified atom stereocenters. The van der Waals surface area contributed by atoms with Gasteiger partial charge in [0, 0.05) is 25.0 Å². The number of benzene rings is 1. The van der Waals surface area contributed by atoms with Crippen molar-refractivity contribution in [1.82, 2.24) is 4.90 Å². The Kier molecular flexibility index (Phi) is 5.22. The molecule has 5 heteroatoms. The normalized spacial score (nSPS) is 10.3. The monoisotopic (exact) mass is 259 g/mol. The van der Waals surface area contributed by atoms with Gasteiger partial charge in [-0.05, 0) is 25.5 Å². The predicted molar refractivity (Wildman–Crippen MR) is 65.0 cm³/mol. The summed E-state index contributed by atoms with van der Waals surface area (Å²) in [6.07, 6.45) is 0.667. The Bertz CT molecular complexity index is 398. The van der Waals surface area contributed by atoms with Crippen LogP contribution in [-0.4, -0.2) is 34.9 Å². The van der Waals surface area contributed by atoms with Crippen LogP contribution in [0.1, 0.15) is 23.7 Å². The first kappa shape index (κ1) is 13.8. The molecule has 0 aromatic heterocycles. The maximum Gasteiger partial charge on any atom is 0.256 e. The van der Waals surface area contributed by atoms with Crippen LogP contribution in [0.2, 0.25) is 0 Å². The van der Waals surface area contributed by atoms with E-state index in [0.29, 0.717) is 25.4 Å². The zero-order chi connectivity index (χ0) is 12.8. The quantitative estimate of drug-likeness (QED) is 0.826. The van der Waals surface area contributed by atoms with Crippen LogP contribution >= 0.6 is 11.6 Å². The van der Waals surface area contributed by atoms with Crippen LogP contribution < -0.4 is 0 Å². The number of aromatic hydroxyl groups is 1. The number of hydrogen-bond acceptors (Lipinski definition) is 2. The average Bonchev–Trinajstić information content (AvgIpc) is 2.29. The summed E-state index contributed by atoms with van der Waals surface area (Å²) >= 11 is 5.56. The van der Waals surface area contributed by atoms with Gasteiger partial charge in [-0.1, -0.05) is 0 Å². The second-order valence-electron chi connectivity index (χ2n) is 3.59. The van der Waals surface area contributed by atoms with E-state index in [0.717, 1.165) is 6.07 Å². The molecule has 1 rings (SSSR count). The molecule has 0 saturated heterocycles. The number of amides is 1. The number of nitrogens with zero attached hydrogens (tertiary/aromatic N) is 1. The molecule has 1 N–H and O–H groups in total. The van der Waals surface area contributed by atoms with E-state index in [1.165, 1.54) is 17.0 Å². The molecule has 1 aromatic rings. The van der Waals surface area contributed by atoms with Crippen LogP contribution in [0, 0.1) is 5.82 Å². The molecule has 1 amide bonds. The predicted octanol–water partition coefficient (Wildman–Crippen LogP) is 2.62. The Morgan fingerprint density at radius 2 is 2.24 bits per heavy atom. The van der Waals surface area contributed by atoms with Crippen molar-refractivity contribution in [2.24, 2.45) is 0 Å². The van der Waals surface area contributed by atoms with Gasteiger partial charge in [-0.25, -0.2) is 4.39 Å². The zero-order valence-corrected chi connectivity index (χ0v) is 10.4. The molecule has 0 spiro atoms. The minimum absolute atomic E-state index is 0.0285. The van der Waals surface area contributed by atoms with Crippen molar-refractivity contribution in [3.63, 3.8) is 0 Å². The number of hydrogen-bond donors (Lipinski definition) is 1. The van der Waals surface area contributed by atoms with Crippen LogP contribution in [-0.2, 0) is 0 Å². The number of rotatable bonds is 5. The molecular weight excluding hydrogens is 245 g/mol. The average molecular weight is 260 g/mol. The maximum atomic E-state index is 13.5. The van der Waals surface area contributed by atoms with Gasteiger partial charge in [0.1, 0.15) is 11.6 Å².